The van der Waals surface area contributed by atoms with Crippen LogP contribution in [0.5, 0.6) is 0 Å². The van der Waals surface area contributed by atoms with E-state index in [1.165, 1.54) is 10.9 Å². The molecule has 138 valence electrons. The van der Waals surface area contributed by atoms with Crippen molar-refractivity contribution in [1.29, 1.82) is 5.26 Å². The number of aromatic nitrogens is 2. The third kappa shape index (κ3) is 2.79. The fourth-order valence-corrected chi connectivity index (χ4v) is 3.24. The predicted molar refractivity (Wildman–Crippen MR) is 102 cm³/mol. The van der Waals surface area contributed by atoms with E-state index in [9.17, 15) is 14.9 Å². The highest BCUT2D eigenvalue weighted by molar-refractivity contribution is 6.12. The van der Waals surface area contributed by atoms with Crippen LogP contribution in [0.2, 0.25) is 0 Å². The summed E-state index contributed by atoms with van der Waals surface area (Å²) in [5, 5.41) is 16.5. The van der Waals surface area contributed by atoms with Gasteiger partial charge >= 0.3 is 0 Å². The Morgan fingerprint density at radius 2 is 2.07 bits per heavy atom. The minimum atomic E-state index is -1.19. The molecule has 0 spiro atoms. The highest BCUT2D eigenvalue weighted by atomic mass is 16.2. The van der Waals surface area contributed by atoms with Crippen molar-refractivity contribution in [2.24, 2.45) is 4.99 Å². The molecule has 8 nitrogen and oxygen atoms in total. The lowest BCUT2D eigenvalue weighted by Crippen LogP contribution is -2.58. The van der Waals surface area contributed by atoms with Crippen LogP contribution in [-0.4, -0.2) is 37.9 Å². The lowest BCUT2D eigenvalue weighted by Gasteiger charge is -2.41. The van der Waals surface area contributed by atoms with E-state index in [2.05, 4.69) is 15.4 Å². The number of hydrogen-bond acceptors (Lipinski definition) is 5. The molecule has 2 amide bonds. The van der Waals surface area contributed by atoms with E-state index in [0.717, 1.165) is 0 Å². The molecule has 0 bridgehead atoms. The Balaban J connectivity index is 1.71. The zero-order valence-corrected chi connectivity index (χ0v) is 15.0. The number of nitrogens with zero attached hydrogens (tertiary/aromatic N) is 5. The van der Waals surface area contributed by atoms with Crippen LogP contribution < -0.4 is 5.32 Å². The average molecular weight is 372 g/mol. The van der Waals surface area contributed by atoms with Crippen LogP contribution in [0.4, 0.5) is 5.82 Å². The van der Waals surface area contributed by atoms with Gasteiger partial charge in [-0.2, -0.15) is 15.4 Å². The number of fused-ring (bicyclic) bond motifs is 1. The second-order valence-electron chi connectivity index (χ2n) is 6.61. The number of hydrogen-bond donors (Lipinski definition) is 1. The van der Waals surface area contributed by atoms with Crippen LogP contribution in [0.3, 0.4) is 0 Å². The summed E-state index contributed by atoms with van der Waals surface area (Å²) in [6.07, 6.45) is 8.23. The summed E-state index contributed by atoms with van der Waals surface area (Å²) in [7, 11) is 0. The monoisotopic (exact) mass is 372 g/mol. The van der Waals surface area contributed by atoms with Gasteiger partial charge in [0.25, 0.3) is 11.8 Å². The first-order valence-electron chi connectivity index (χ1n) is 8.64. The molecule has 28 heavy (non-hydrogen) atoms. The Hall–Kier alpha value is -3.99. The lowest BCUT2D eigenvalue weighted by molar-refractivity contribution is -0.130. The third-order valence-electron chi connectivity index (χ3n) is 4.72. The van der Waals surface area contributed by atoms with Gasteiger partial charge in [-0.25, -0.2) is 4.68 Å². The van der Waals surface area contributed by atoms with Crippen molar-refractivity contribution in [3.05, 3.63) is 66.5 Å². The number of amides is 2. The maximum atomic E-state index is 13.3. The Labute approximate surface area is 161 Å². The number of allylic oxidation sites excluding steroid dienone is 2. The van der Waals surface area contributed by atoms with E-state index in [0.29, 0.717) is 11.5 Å². The molecule has 0 saturated heterocycles. The Kier molecular flexibility index (Phi) is 4.12. The van der Waals surface area contributed by atoms with Gasteiger partial charge in [-0.15, -0.1) is 0 Å². The van der Waals surface area contributed by atoms with Gasteiger partial charge in [0.1, 0.15) is 23.0 Å². The number of nitrogens with one attached hydrogen (secondary N) is 1. The van der Waals surface area contributed by atoms with Gasteiger partial charge in [-0.05, 0) is 31.2 Å². The summed E-state index contributed by atoms with van der Waals surface area (Å²) in [5.74, 6) is -0.134. The largest absolute Gasteiger partial charge is 0.317 e. The first-order valence-corrected chi connectivity index (χ1v) is 8.64. The standard InChI is InChI=1S/C20H16N6O2/c1-20(11-17(27)23-16-9-5-6-10-25(16)20)19(28)24-18-14(12-21)13-22-26(18)15-7-3-2-4-8-15/h2-10,13H,11H2,1H3,(H,24,28). The summed E-state index contributed by atoms with van der Waals surface area (Å²) in [4.78, 5) is 31.1. The molecule has 2 aliphatic rings. The van der Waals surface area contributed by atoms with Crippen molar-refractivity contribution < 1.29 is 9.59 Å². The van der Waals surface area contributed by atoms with Crippen molar-refractivity contribution >= 4 is 23.5 Å². The number of anilines is 1. The molecule has 0 aliphatic carbocycles. The van der Waals surface area contributed by atoms with E-state index in [1.54, 1.807) is 36.3 Å². The number of carbonyl (C=O) groups excluding carboxylic acids is 2. The summed E-state index contributed by atoms with van der Waals surface area (Å²) in [6.45, 7) is 1.67. The minimum absolute atomic E-state index is 0.0815. The molecular weight excluding hydrogens is 356 g/mol. The fraction of sp³-hybridized carbons (Fsp3) is 0.150. The maximum absolute atomic E-state index is 13.3. The highest BCUT2D eigenvalue weighted by Gasteiger charge is 2.45. The van der Waals surface area contributed by atoms with E-state index >= 15 is 0 Å². The number of carbonyl (C=O) groups is 2. The number of nitriles is 1. The van der Waals surface area contributed by atoms with Crippen molar-refractivity contribution in [1.82, 2.24) is 14.7 Å². The minimum Gasteiger partial charge on any atom is -0.317 e. The first kappa shape index (κ1) is 17.4. The van der Waals surface area contributed by atoms with Crippen LogP contribution in [0.1, 0.15) is 18.9 Å². The predicted octanol–water partition coefficient (Wildman–Crippen LogP) is 2.16. The molecule has 3 heterocycles. The van der Waals surface area contributed by atoms with E-state index < -0.39 is 11.4 Å². The molecule has 2 aromatic rings. The third-order valence-corrected chi connectivity index (χ3v) is 4.72. The van der Waals surface area contributed by atoms with Gasteiger partial charge in [0.05, 0.1) is 18.3 Å². The zero-order chi connectivity index (χ0) is 19.7. The van der Waals surface area contributed by atoms with Crippen molar-refractivity contribution in [3.8, 4) is 11.8 Å². The highest BCUT2D eigenvalue weighted by Crippen LogP contribution is 2.30. The SMILES string of the molecule is CC1(C(=O)Nc2c(C#N)cnn2-c2ccccc2)CC(=O)N=C2C=CC=CN21. The van der Waals surface area contributed by atoms with Crippen molar-refractivity contribution in [2.45, 2.75) is 18.9 Å². The van der Waals surface area contributed by atoms with E-state index in [1.807, 2.05) is 36.4 Å². The Morgan fingerprint density at radius 1 is 1.29 bits per heavy atom. The quantitative estimate of drug-likeness (QED) is 0.889. The van der Waals surface area contributed by atoms with Gasteiger partial charge in [0, 0.05) is 6.20 Å². The Bertz CT molecular complexity index is 1090. The Morgan fingerprint density at radius 3 is 2.82 bits per heavy atom. The molecule has 0 saturated carbocycles. The molecule has 8 heteroatoms. The summed E-state index contributed by atoms with van der Waals surface area (Å²) < 4.78 is 1.49. The topological polar surface area (TPSA) is 103 Å². The summed E-state index contributed by atoms with van der Waals surface area (Å²) in [5.41, 5.74) is -0.258. The number of benzene rings is 1. The molecular formula is C20H16N6O2. The molecule has 1 aromatic heterocycles. The van der Waals surface area contributed by atoms with Crippen LogP contribution in [-0.2, 0) is 9.59 Å². The fourth-order valence-electron chi connectivity index (χ4n) is 3.24. The normalized spacial score (nSPS) is 20.4. The second-order valence-corrected chi connectivity index (χ2v) is 6.61. The molecule has 1 N–H and O–H groups in total. The van der Waals surface area contributed by atoms with Crippen LogP contribution in [0.15, 0.2) is 65.9 Å². The molecule has 1 unspecified atom stereocenters. The van der Waals surface area contributed by atoms with Crippen LogP contribution >= 0.6 is 0 Å². The second kappa shape index (κ2) is 6.63. The zero-order valence-electron chi connectivity index (χ0n) is 15.0. The molecule has 1 aromatic carbocycles. The van der Waals surface area contributed by atoms with Crippen LogP contribution in [0.25, 0.3) is 5.69 Å². The maximum Gasteiger partial charge on any atom is 0.252 e. The van der Waals surface area contributed by atoms with Gasteiger partial charge in [0.15, 0.2) is 5.82 Å². The number of amidine groups is 1. The van der Waals surface area contributed by atoms with Gasteiger partial charge < -0.3 is 10.2 Å². The molecule has 0 fully saturated rings. The molecule has 1 atom stereocenters. The number of aliphatic imine (C=N–C) groups is 1. The van der Waals surface area contributed by atoms with E-state index in [-0.39, 0.29) is 23.7 Å². The summed E-state index contributed by atoms with van der Waals surface area (Å²) >= 11 is 0. The number of para-hydroxylation sites is 1. The van der Waals surface area contributed by atoms with Gasteiger partial charge in [-0.3, -0.25) is 9.59 Å². The van der Waals surface area contributed by atoms with Gasteiger partial charge in [0.2, 0.25) is 0 Å². The first-order chi connectivity index (χ1) is 13.5. The van der Waals surface area contributed by atoms with E-state index in [4.69, 9.17) is 0 Å². The van der Waals surface area contributed by atoms with Crippen LogP contribution in [0, 0.1) is 11.3 Å². The van der Waals surface area contributed by atoms with Crippen molar-refractivity contribution in [2.75, 3.05) is 5.32 Å². The lowest BCUT2D eigenvalue weighted by atomic mass is 9.91. The molecule has 0 radical (unpaired) electrons. The van der Waals surface area contributed by atoms with Gasteiger partial charge in [-0.1, -0.05) is 24.3 Å². The summed E-state index contributed by atoms with van der Waals surface area (Å²) in [6, 6.07) is 11.2. The molecule has 2 aliphatic heterocycles. The van der Waals surface area contributed by atoms with Crippen molar-refractivity contribution in [3.63, 3.8) is 0 Å². The average Bonchev–Trinajstić information content (AvgIpc) is 3.11. The molecule has 4 rings (SSSR count). The number of rotatable bonds is 3. The smallest absolute Gasteiger partial charge is 0.252 e.